The van der Waals surface area contributed by atoms with Gasteiger partial charge in [-0.05, 0) is 24.3 Å². The third kappa shape index (κ3) is 3.43. The van der Waals surface area contributed by atoms with E-state index < -0.39 is 0 Å². The van der Waals surface area contributed by atoms with E-state index in [0.29, 0.717) is 30.9 Å². The molecule has 1 aliphatic rings. The molecule has 0 aliphatic carbocycles. The number of nitrogens with one attached hydrogen (secondary N) is 1. The molecule has 30 heavy (non-hydrogen) atoms. The number of ether oxygens (including phenoxy) is 1. The van der Waals surface area contributed by atoms with E-state index in [9.17, 15) is 0 Å². The largest absolute Gasteiger partial charge is 0.378 e. The number of anilines is 1. The standard InChI is InChI=1S/C22H19N7O/c1-2-3-5-16-14-29(15-24-16)22-26-20(18-6-4-7-19-17(18)8-9-23-19)25-21(27-22)28-10-12-30-13-11-28/h1,3-9,14-15,23H,10-13H2/b5-3-. The Labute approximate surface area is 173 Å². The maximum absolute atomic E-state index is 5.48. The number of nitrogens with zero attached hydrogens (tertiary/aromatic N) is 6. The summed E-state index contributed by atoms with van der Waals surface area (Å²) in [5.41, 5.74) is 2.71. The summed E-state index contributed by atoms with van der Waals surface area (Å²) in [7, 11) is 0. The number of fused-ring (bicyclic) bond motifs is 1. The van der Waals surface area contributed by atoms with Crippen LogP contribution in [0.2, 0.25) is 0 Å². The SMILES string of the molecule is C#C/C=C\c1cn(-c2nc(-c3cccc4[nH]ccc34)nc(N3CCOCC3)n2)cn1. The number of hydrogen-bond donors (Lipinski definition) is 1. The van der Waals surface area contributed by atoms with Crippen LogP contribution in [-0.2, 0) is 4.74 Å². The van der Waals surface area contributed by atoms with Gasteiger partial charge in [0.1, 0.15) is 6.33 Å². The molecule has 0 spiro atoms. The Bertz CT molecular complexity index is 1260. The molecule has 1 saturated heterocycles. The Morgan fingerprint density at radius 2 is 1.97 bits per heavy atom. The average Bonchev–Trinajstić information content (AvgIpc) is 3.47. The van der Waals surface area contributed by atoms with Gasteiger partial charge in [0.15, 0.2) is 5.82 Å². The van der Waals surface area contributed by atoms with Gasteiger partial charge in [-0.2, -0.15) is 15.0 Å². The summed E-state index contributed by atoms with van der Waals surface area (Å²) in [5.74, 6) is 4.21. The van der Waals surface area contributed by atoms with Gasteiger partial charge < -0.3 is 14.6 Å². The van der Waals surface area contributed by atoms with Crippen molar-refractivity contribution < 1.29 is 4.74 Å². The van der Waals surface area contributed by atoms with Crippen LogP contribution in [-0.4, -0.2) is 55.8 Å². The van der Waals surface area contributed by atoms with Crippen molar-refractivity contribution in [3.05, 3.63) is 54.8 Å². The van der Waals surface area contributed by atoms with Crippen molar-refractivity contribution in [1.82, 2.24) is 29.5 Å². The zero-order valence-corrected chi connectivity index (χ0v) is 16.2. The minimum Gasteiger partial charge on any atom is -0.378 e. The van der Waals surface area contributed by atoms with Gasteiger partial charge in [0, 0.05) is 41.9 Å². The molecule has 0 unspecified atom stereocenters. The highest BCUT2D eigenvalue weighted by atomic mass is 16.5. The minimum absolute atomic E-state index is 0.502. The fraction of sp³-hybridized carbons (Fsp3) is 0.182. The number of allylic oxidation sites excluding steroid dienone is 1. The summed E-state index contributed by atoms with van der Waals surface area (Å²) in [5, 5.41) is 1.06. The summed E-state index contributed by atoms with van der Waals surface area (Å²) in [6.45, 7) is 2.76. The predicted molar refractivity (Wildman–Crippen MR) is 115 cm³/mol. The second-order valence-electron chi connectivity index (χ2n) is 6.81. The second kappa shape index (κ2) is 7.81. The number of H-pyrrole nitrogens is 1. The molecule has 3 aromatic heterocycles. The lowest BCUT2D eigenvalue weighted by Crippen LogP contribution is -2.37. The van der Waals surface area contributed by atoms with E-state index in [-0.39, 0.29) is 0 Å². The Kier molecular flexibility index (Phi) is 4.71. The lowest BCUT2D eigenvalue weighted by atomic mass is 10.1. The molecule has 1 aliphatic heterocycles. The van der Waals surface area contributed by atoms with E-state index in [0.717, 1.165) is 35.2 Å². The van der Waals surface area contributed by atoms with Crippen molar-refractivity contribution in [2.24, 2.45) is 0 Å². The molecule has 0 amide bonds. The van der Waals surface area contributed by atoms with Gasteiger partial charge in [-0.25, -0.2) is 4.98 Å². The minimum atomic E-state index is 0.502. The highest BCUT2D eigenvalue weighted by Crippen LogP contribution is 2.27. The third-order valence-electron chi connectivity index (χ3n) is 4.93. The Hall–Kier alpha value is -3.96. The molecule has 4 heterocycles. The molecule has 1 aromatic carbocycles. The monoisotopic (exact) mass is 397 g/mol. The van der Waals surface area contributed by atoms with Gasteiger partial charge in [-0.3, -0.25) is 4.57 Å². The summed E-state index contributed by atoms with van der Waals surface area (Å²) >= 11 is 0. The summed E-state index contributed by atoms with van der Waals surface area (Å²) in [6.07, 6.45) is 14.1. The number of terminal acetylenes is 1. The van der Waals surface area contributed by atoms with Gasteiger partial charge >= 0.3 is 0 Å². The molecule has 8 heteroatoms. The molecule has 4 aromatic rings. The van der Waals surface area contributed by atoms with Crippen molar-refractivity contribution in [3.8, 4) is 29.7 Å². The zero-order valence-electron chi connectivity index (χ0n) is 16.2. The highest BCUT2D eigenvalue weighted by Gasteiger charge is 2.19. The first kappa shape index (κ1) is 18.1. The zero-order chi connectivity index (χ0) is 20.3. The van der Waals surface area contributed by atoms with Gasteiger partial charge in [-0.15, -0.1) is 6.42 Å². The van der Waals surface area contributed by atoms with Crippen LogP contribution in [0, 0.1) is 12.3 Å². The van der Waals surface area contributed by atoms with Crippen LogP contribution in [0.15, 0.2) is 49.1 Å². The maximum Gasteiger partial charge on any atom is 0.240 e. The molecular weight excluding hydrogens is 378 g/mol. The van der Waals surface area contributed by atoms with Crippen LogP contribution in [0.25, 0.3) is 34.3 Å². The van der Waals surface area contributed by atoms with Crippen LogP contribution in [0.1, 0.15) is 5.69 Å². The average molecular weight is 397 g/mol. The molecule has 148 valence electrons. The molecular formula is C22H19N7O. The lowest BCUT2D eigenvalue weighted by Gasteiger charge is -2.27. The molecule has 0 radical (unpaired) electrons. The van der Waals surface area contributed by atoms with Gasteiger partial charge in [0.05, 0.1) is 18.9 Å². The summed E-state index contributed by atoms with van der Waals surface area (Å²) < 4.78 is 7.26. The second-order valence-corrected chi connectivity index (χ2v) is 6.81. The molecule has 0 atom stereocenters. The summed E-state index contributed by atoms with van der Waals surface area (Å²) in [6, 6.07) is 8.07. The Morgan fingerprint density at radius 1 is 1.10 bits per heavy atom. The van der Waals surface area contributed by atoms with E-state index in [1.165, 1.54) is 0 Å². The first-order chi connectivity index (χ1) is 14.8. The van der Waals surface area contributed by atoms with Crippen molar-refractivity contribution in [2.75, 3.05) is 31.2 Å². The first-order valence-electron chi connectivity index (χ1n) is 9.64. The Morgan fingerprint density at radius 3 is 2.83 bits per heavy atom. The van der Waals surface area contributed by atoms with Crippen molar-refractivity contribution in [1.29, 1.82) is 0 Å². The van der Waals surface area contributed by atoms with Crippen LogP contribution < -0.4 is 4.90 Å². The van der Waals surface area contributed by atoms with E-state index in [2.05, 4.69) is 20.8 Å². The molecule has 5 rings (SSSR count). The van der Waals surface area contributed by atoms with Gasteiger partial charge in [0.2, 0.25) is 11.9 Å². The quantitative estimate of drug-likeness (QED) is 0.533. The molecule has 1 fully saturated rings. The first-order valence-corrected chi connectivity index (χ1v) is 9.64. The van der Waals surface area contributed by atoms with E-state index in [1.54, 1.807) is 23.0 Å². The van der Waals surface area contributed by atoms with Crippen LogP contribution in [0.5, 0.6) is 0 Å². The molecule has 8 nitrogen and oxygen atoms in total. The van der Waals surface area contributed by atoms with E-state index in [4.69, 9.17) is 26.1 Å². The molecule has 1 N–H and O–H groups in total. The van der Waals surface area contributed by atoms with Crippen LogP contribution in [0.3, 0.4) is 0 Å². The lowest BCUT2D eigenvalue weighted by molar-refractivity contribution is 0.122. The van der Waals surface area contributed by atoms with E-state index in [1.807, 2.05) is 36.7 Å². The summed E-state index contributed by atoms with van der Waals surface area (Å²) in [4.78, 5) is 24.0. The fourth-order valence-electron chi connectivity index (χ4n) is 3.44. The number of aromatic amines is 1. The Balaban J connectivity index is 1.64. The number of rotatable bonds is 4. The normalized spacial score (nSPS) is 14.4. The number of imidazole rings is 1. The van der Waals surface area contributed by atoms with Crippen LogP contribution >= 0.6 is 0 Å². The third-order valence-corrected chi connectivity index (χ3v) is 4.93. The van der Waals surface area contributed by atoms with Crippen molar-refractivity contribution in [3.63, 3.8) is 0 Å². The maximum atomic E-state index is 5.48. The topological polar surface area (TPSA) is 84.8 Å². The number of morpholine rings is 1. The van der Waals surface area contributed by atoms with Crippen LogP contribution in [0.4, 0.5) is 5.95 Å². The van der Waals surface area contributed by atoms with E-state index >= 15 is 0 Å². The van der Waals surface area contributed by atoms with Gasteiger partial charge in [0.25, 0.3) is 0 Å². The molecule has 0 bridgehead atoms. The highest BCUT2D eigenvalue weighted by molar-refractivity contribution is 5.93. The number of benzene rings is 1. The van der Waals surface area contributed by atoms with Crippen molar-refractivity contribution >= 4 is 22.9 Å². The molecule has 0 saturated carbocycles. The van der Waals surface area contributed by atoms with Crippen molar-refractivity contribution in [2.45, 2.75) is 0 Å². The number of aromatic nitrogens is 6. The predicted octanol–water partition coefficient (Wildman–Crippen LogP) is 2.69. The van der Waals surface area contributed by atoms with Gasteiger partial charge in [-0.1, -0.05) is 18.1 Å². The smallest absolute Gasteiger partial charge is 0.240 e. The fourth-order valence-corrected chi connectivity index (χ4v) is 3.44. The number of hydrogen-bond acceptors (Lipinski definition) is 6.